The number of benzene rings is 2. The lowest BCUT2D eigenvalue weighted by Crippen LogP contribution is -2.08. The fraction of sp³-hybridized carbons (Fsp3) is 0.176. The van der Waals surface area contributed by atoms with Gasteiger partial charge in [-0.2, -0.15) is 0 Å². The molecule has 0 aliphatic carbocycles. The third-order valence-electron chi connectivity index (χ3n) is 3.13. The van der Waals surface area contributed by atoms with Crippen LogP contribution in [0.5, 0.6) is 5.75 Å². The molecule has 20 heavy (non-hydrogen) atoms. The zero-order valence-electron chi connectivity index (χ0n) is 11.6. The zero-order valence-corrected chi connectivity index (χ0v) is 11.6. The number of hydrogen-bond donors (Lipinski definition) is 0. The lowest BCUT2D eigenvalue weighted by molar-refractivity contribution is 0.0894. The number of carbonyl (C=O) groups excluding carboxylic acids is 2. The maximum Gasteiger partial charge on any atom is 0.170 e. The Morgan fingerprint density at radius 2 is 1.60 bits per heavy atom. The average Bonchev–Trinajstić information content (AvgIpc) is 2.48. The van der Waals surface area contributed by atoms with E-state index in [0.717, 1.165) is 11.3 Å². The van der Waals surface area contributed by atoms with E-state index in [1.165, 1.54) is 0 Å². The van der Waals surface area contributed by atoms with Gasteiger partial charge in [0.05, 0.1) is 13.5 Å². The van der Waals surface area contributed by atoms with Gasteiger partial charge in [-0.3, -0.25) is 9.59 Å². The molecule has 2 rings (SSSR count). The summed E-state index contributed by atoms with van der Waals surface area (Å²) in [5.74, 6) is 0.393. The number of hydrogen-bond acceptors (Lipinski definition) is 3. The number of carbonyl (C=O) groups is 2. The van der Waals surface area contributed by atoms with Crippen LogP contribution in [0, 0.1) is 6.92 Å². The number of methoxy groups -OCH3 is 1. The molecule has 3 heteroatoms. The first-order valence-electron chi connectivity index (χ1n) is 6.38. The molecule has 0 aromatic heterocycles. The monoisotopic (exact) mass is 268 g/mol. The molecular formula is C17H16O3. The van der Waals surface area contributed by atoms with Crippen LogP contribution in [0.1, 0.15) is 32.7 Å². The second-order valence-corrected chi connectivity index (χ2v) is 4.57. The van der Waals surface area contributed by atoms with Crippen molar-refractivity contribution in [3.8, 4) is 5.75 Å². The highest BCUT2D eigenvalue weighted by atomic mass is 16.5. The Balaban J connectivity index is 2.13. The molecule has 0 amide bonds. The molecule has 2 aromatic rings. The minimum atomic E-state index is -0.176. The Labute approximate surface area is 118 Å². The predicted octanol–water partition coefficient (Wildman–Crippen LogP) is 3.46. The molecule has 2 aromatic carbocycles. The van der Waals surface area contributed by atoms with E-state index >= 15 is 0 Å². The SMILES string of the molecule is COc1ccc(C(=O)CC(=O)c2ccccc2)cc1C. The van der Waals surface area contributed by atoms with E-state index in [4.69, 9.17) is 4.74 Å². The molecule has 0 atom stereocenters. The molecule has 0 saturated carbocycles. The molecule has 0 bridgehead atoms. The summed E-state index contributed by atoms with van der Waals surface area (Å²) in [6.07, 6.45) is -0.115. The summed E-state index contributed by atoms with van der Waals surface area (Å²) in [6, 6.07) is 14.0. The van der Waals surface area contributed by atoms with Crippen molar-refractivity contribution >= 4 is 11.6 Å². The molecule has 0 radical (unpaired) electrons. The largest absolute Gasteiger partial charge is 0.496 e. The van der Waals surface area contributed by atoms with Gasteiger partial charge in [0.1, 0.15) is 5.75 Å². The highest BCUT2D eigenvalue weighted by Crippen LogP contribution is 2.19. The van der Waals surface area contributed by atoms with Gasteiger partial charge in [0.2, 0.25) is 0 Å². The van der Waals surface area contributed by atoms with Crippen LogP contribution < -0.4 is 4.74 Å². The van der Waals surface area contributed by atoms with Gasteiger partial charge >= 0.3 is 0 Å². The molecule has 0 aliphatic heterocycles. The van der Waals surface area contributed by atoms with Crippen molar-refractivity contribution in [2.75, 3.05) is 7.11 Å². The number of ether oxygens (including phenoxy) is 1. The molecule has 0 saturated heterocycles. The van der Waals surface area contributed by atoms with Gasteiger partial charge in [0.25, 0.3) is 0 Å². The van der Waals surface area contributed by atoms with Crippen LogP contribution in [0.15, 0.2) is 48.5 Å². The molecule has 0 heterocycles. The van der Waals surface area contributed by atoms with Crippen LogP contribution in [0.25, 0.3) is 0 Å². The summed E-state index contributed by atoms with van der Waals surface area (Å²) in [5.41, 5.74) is 1.98. The Morgan fingerprint density at radius 3 is 2.20 bits per heavy atom. The van der Waals surface area contributed by atoms with E-state index in [1.807, 2.05) is 13.0 Å². The van der Waals surface area contributed by atoms with E-state index in [-0.39, 0.29) is 18.0 Å². The van der Waals surface area contributed by atoms with Crippen LogP contribution in [-0.2, 0) is 0 Å². The van der Waals surface area contributed by atoms with E-state index in [9.17, 15) is 9.59 Å². The summed E-state index contributed by atoms with van der Waals surface area (Å²) in [6.45, 7) is 1.87. The van der Waals surface area contributed by atoms with E-state index in [0.29, 0.717) is 11.1 Å². The average molecular weight is 268 g/mol. The maximum absolute atomic E-state index is 12.1. The highest BCUT2D eigenvalue weighted by Gasteiger charge is 2.14. The van der Waals surface area contributed by atoms with Crippen LogP contribution in [0.2, 0.25) is 0 Å². The molecule has 0 N–H and O–H groups in total. The van der Waals surface area contributed by atoms with Crippen LogP contribution in [-0.4, -0.2) is 18.7 Å². The highest BCUT2D eigenvalue weighted by molar-refractivity contribution is 6.13. The lowest BCUT2D eigenvalue weighted by Gasteiger charge is -2.06. The Kier molecular flexibility index (Phi) is 4.31. The fourth-order valence-electron chi connectivity index (χ4n) is 2.03. The first-order chi connectivity index (χ1) is 9.61. The number of aryl methyl sites for hydroxylation is 1. The van der Waals surface area contributed by atoms with Crippen molar-refractivity contribution in [3.05, 3.63) is 65.2 Å². The van der Waals surface area contributed by atoms with Crippen molar-refractivity contribution in [2.24, 2.45) is 0 Å². The molecule has 0 fully saturated rings. The van der Waals surface area contributed by atoms with Gasteiger partial charge in [-0.05, 0) is 30.7 Å². The second-order valence-electron chi connectivity index (χ2n) is 4.57. The lowest BCUT2D eigenvalue weighted by atomic mass is 10.0. The van der Waals surface area contributed by atoms with Crippen molar-refractivity contribution in [1.29, 1.82) is 0 Å². The Morgan fingerprint density at radius 1 is 0.950 bits per heavy atom. The molecular weight excluding hydrogens is 252 g/mol. The van der Waals surface area contributed by atoms with Gasteiger partial charge in [-0.15, -0.1) is 0 Å². The van der Waals surface area contributed by atoms with Gasteiger partial charge in [-0.1, -0.05) is 30.3 Å². The molecule has 0 spiro atoms. The predicted molar refractivity (Wildman–Crippen MR) is 77.5 cm³/mol. The Bertz CT molecular complexity index is 630. The minimum absolute atomic E-state index is 0.115. The van der Waals surface area contributed by atoms with Gasteiger partial charge < -0.3 is 4.74 Å². The quantitative estimate of drug-likeness (QED) is 0.616. The summed E-state index contributed by atoms with van der Waals surface area (Å²) >= 11 is 0. The van der Waals surface area contributed by atoms with E-state index in [2.05, 4.69) is 0 Å². The van der Waals surface area contributed by atoms with Gasteiger partial charge in [0, 0.05) is 11.1 Å². The van der Waals surface area contributed by atoms with Gasteiger partial charge in [0.15, 0.2) is 11.6 Å². The zero-order chi connectivity index (χ0) is 14.5. The number of Topliss-reactive ketones (excluding diaryl/α,β-unsaturated/α-hetero) is 2. The van der Waals surface area contributed by atoms with E-state index < -0.39 is 0 Å². The maximum atomic E-state index is 12.1. The summed E-state index contributed by atoms with van der Waals surface area (Å²) < 4.78 is 5.15. The summed E-state index contributed by atoms with van der Waals surface area (Å²) in [5, 5.41) is 0. The first-order valence-corrected chi connectivity index (χ1v) is 6.38. The van der Waals surface area contributed by atoms with Crippen LogP contribution in [0.4, 0.5) is 0 Å². The fourth-order valence-corrected chi connectivity index (χ4v) is 2.03. The van der Waals surface area contributed by atoms with Crippen molar-refractivity contribution in [1.82, 2.24) is 0 Å². The normalized spacial score (nSPS) is 10.1. The second kappa shape index (κ2) is 6.15. The molecule has 0 unspecified atom stereocenters. The molecule has 102 valence electrons. The molecule has 0 aliphatic rings. The summed E-state index contributed by atoms with van der Waals surface area (Å²) in [4.78, 5) is 24.1. The minimum Gasteiger partial charge on any atom is -0.496 e. The smallest absolute Gasteiger partial charge is 0.170 e. The van der Waals surface area contributed by atoms with Crippen molar-refractivity contribution in [3.63, 3.8) is 0 Å². The van der Waals surface area contributed by atoms with Crippen LogP contribution >= 0.6 is 0 Å². The van der Waals surface area contributed by atoms with Crippen molar-refractivity contribution in [2.45, 2.75) is 13.3 Å². The van der Waals surface area contributed by atoms with Crippen molar-refractivity contribution < 1.29 is 14.3 Å². The first kappa shape index (κ1) is 14.0. The molecule has 3 nitrogen and oxygen atoms in total. The van der Waals surface area contributed by atoms with Gasteiger partial charge in [-0.25, -0.2) is 0 Å². The number of rotatable bonds is 5. The standard InChI is InChI=1S/C17H16O3/c1-12-10-14(8-9-17(12)20-2)16(19)11-15(18)13-6-4-3-5-7-13/h3-10H,11H2,1-2H3. The third-order valence-corrected chi connectivity index (χ3v) is 3.13. The Hall–Kier alpha value is -2.42. The number of ketones is 2. The topological polar surface area (TPSA) is 43.4 Å². The van der Waals surface area contributed by atoms with Crippen LogP contribution in [0.3, 0.4) is 0 Å². The third kappa shape index (κ3) is 3.12. The summed E-state index contributed by atoms with van der Waals surface area (Å²) in [7, 11) is 1.59. The van der Waals surface area contributed by atoms with E-state index in [1.54, 1.807) is 49.6 Å².